The molecule has 0 aliphatic heterocycles. The van der Waals surface area contributed by atoms with E-state index < -0.39 is 11.9 Å². The van der Waals surface area contributed by atoms with Crippen molar-refractivity contribution in [2.75, 3.05) is 0 Å². The lowest BCUT2D eigenvalue weighted by molar-refractivity contribution is -0.146. The van der Waals surface area contributed by atoms with Gasteiger partial charge in [-0.05, 0) is 37.5 Å². The number of aliphatic carboxylic acids is 1. The van der Waals surface area contributed by atoms with Crippen molar-refractivity contribution < 1.29 is 14.7 Å². The molecule has 0 bridgehead atoms. The molecule has 18 heavy (non-hydrogen) atoms. The maximum Gasteiger partial charge on any atom is 0.307 e. The van der Waals surface area contributed by atoms with E-state index >= 15 is 0 Å². The van der Waals surface area contributed by atoms with Gasteiger partial charge in [-0.25, -0.2) is 0 Å². The fourth-order valence-electron chi connectivity index (χ4n) is 3.44. The third-order valence-electron chi connectivity index (χ3n) is 4.48. The first kappa shape index (κ1) is 13.4. The van der Waals surface area contributed by atoms with Crippen molar-refractivity contribution in [3.8, 4) is 0 Å². The van der Waals surface area contributed by atoms with Crippen molar-refractivity contribution in [2.24, 2.45) is 17.3 Å². The highest BCUT2D eigenvalue weighted by Gasteiger charge is 2.39. The van der Waals surface area contributed by atoms with Crippen molar-refractivity contribution >= 4 is 11.9 Å². The molecule has 2 saturated carbocycles. The van der Waals surface area contributed by atoms with E-state index in [1.54, 1.807) is 0 Å². The summed E-state index contributed by atoms with van der Waals surface area (Å²) in [6.07, 6.45) is 5.37. The predicted molar refractivity (Wildman–Crippen MR) is 68.0 cm³/mol. The molecule has 2 aliphatic rings. The number of carbonyl (C=O) groups excluding carboxylic acids is 1. The zero-order chi connectivity index (χ0) is 13.3. The molecule has 2 aliphatic carbocycles. The molecule has 3 atom stereocenters. The van der Waals surface area contributed by atoms with Crippen molar-refractivity contribution in [2.45, 2.75) is 58.4 Å². The molecule has 2 fully saturated rings. The molecule has 2 rings (SSSR count). The number of carboxylic acid groups (broad SMARTS) is 1. The maximum absolute atomic E-state index is 12.2. The van der Waals surface area contributed by atoms with Crippen LogP contribution < -0.4 is 5.32 Å². The fourth-order valence-corrected chi connectivity index (χ4v) is 3.44. The predicted octanol–water partition coefficient (Wildman–Crippen LogP) is 2.18. The average Bonchev–Trinajstić information content (AvgIpc) is 2.84. The summed E-state index contributed by atoms with van der Waals surface area (Å²) < 4.78 is 0. The van der Waals surface area contributed by atoms with Gasteiger partial charge in [-0.1, -0.05) is 20.3 Å². The van der Waals surface area contributed by atoms with Gasteiger partial charge >= 0.3 is 5.97 Å². The molecule has 4 heteroatoms. The van der Waals surface area contributed by atoms with E-state index in [-0.39, 0.29) is 17.9 Å². The second kappa shape index (κ2) is 4.90. The monoisotopic (exact) mass is 253 g/mol. The van der Waals surface area contributed by atoms with Crippen molar-refractivity contribution in [3.05, 3.63) is 0 Å². The first-order valence-corrected chi connectivity index (χ1v) is 6.92. The Morgan fingerprint density at radius 3 is 2.39 bits per heavy atom. The minimum atomic E-state index is -0.820. The molecule has 0 saturated heterocycles. The van der Waals surface area contributed by atoms with Crippen LogP contribution in [0.5, 0.6) is 0 Å². The summed E-state index contributed by atoms with van der Waals surface area (Å²) >= 11 is 0. The Bertz CT molecular complexity index is 351. The minimum Gasteiger partial charge on any atom is -0.481 e. The Morgan fingerprint density at radius 1 is 1.17 bits per heavy atom. The quantitative estimate of drug-likeness (QED) is 0.810. The van der Waals surface area contributed by atoms with Crippen LogP contribution in [-0.2, 0) is 9.59 Å². The Labute approximate surface area is 108 Å². The number of hydrogen-bond donors (Lipinski definition) is 2. The Balaban J connectivity index is 1.90. The fraction of sp³-hybridized carbons (Fsp3) is 0.857. The minimum absolute atomic E-state index is 0.0393. The summed E-state index contributed by atoms with van der Waals surface area (Å²) in [5.41, 5.74) is 0.305. The van der Waals surface area contributed by atoms with Crippen molar-refractivity contribution in [1.29, 1.82) is 0 Å². The highest BCUT2D eigenvalue weighted by atomic mass is 16.4. The molecule has 3 unspecified atom stereocenters. The standard InChI is InChI=1S/C14H23NO3/c1-14(2)7-6-9(8-14)15-12(16)10-4-3-5-11(10)13(17)18/h9-11H,3-8H2,1-2H3,(H,15,16)(H,17,18). The van der Waals surface area contributed by atoms with E-state index in [9.17, 15) is 9.59 Å². The summed E-state index contributed by atoms with van der Waals surface area (Å²) in [6.45, 7) is 4.43. The number of carbonyl (C=O) groups is 2. The zero-order valence-corrected chi connectivity index (χ0v) is 11.2. The van der Waals surface area contributed by atoms with Crippen LogP contribution >= 0.6 is 0 Å². The molecular weight excluding hydrogens is 230 g/mol. The van der Waals surface area contributed by atoms with Gasteiger partial charge in [0.15, 0.2) is 0 Å². The van der Waals surface area contributed by atoms with Crippen LogP contribution in [0, 0.1) is 17.3 Å². The molecule has 1 amide bonds. The topological polar surface area (TPSA) is 66.4 Å². The van der Waals surface area contributed by atoms with Gasteiger partial charge in [-0.15, -0.1) is 0 Å². The van der Waals surface area contributed by atoms with Gasteiger partial charge in [0.25, 0.3) is 0 Å². The first-order valence-electron chi connectivity index (χ1n) is 6.92. The summed E-state index contributed by atoms with van der Waals surface area (Å²) in [5.74, 6) is -1.65. The van der Waals surface area contributed by atoms with Gasteiger partial charge in [0.05, 0.1) is 11.8 Å². The van der Waals surface area contributed by atoms with Crippen molar-refractivity contribution in [1.82, 2.24) is 5.32 Å². The Kier molecular flexibility index (Phi) is 3.64. The van der Waals surface area contributed by atoms with Gasteiger partial charge in [-0.3, -0.25) is 9.59 Å². The maximum atomic E-state index is 12.2. The van der Waals surface area contributed by atoms with Gasteiger partial charge in [0.2, 0.25) is 5.91 Å². The van der Waals surface area contributed by atoms with Crippen LogP contribution in [0.25, 0.3) is 0 Å². The second-order valence-corrected chi connectivity index (χ2v) is 6.59. The lowest BCUT2D eigenvalue weighted by Gasteiger charge is -2.21. The number of carboxylic acids is 1. The average molecular weight is 253 g/mol. The summed E-state index contributed by atoms with van der Waals surface area (Å²) in [6, 6.07) is 0.238. The molecule has 4 nitrogen and oxygen atoms in total. The largest absolute Gasteiger partial charge is 0.481 e. The van der Waals surface area contributed by atoms with Crippen LogP contribution in [0.1, 0.15) is 52.4 Å². The lowest BCUT2D eigenvalue weighted by atomic mass is 9.91. The summed E-state index contributed by atoms with van der Waals surface area (Å²) in [7, 11) is 0. The third kappa shape index (κ3) is 2.85. The highest BCUT2D eigenvalue weighted by Crippen LogP contribution is 2.38. The molecule has 0 radical (unpaired) electrons. The summed E-state index contributed by atoms with van der Waals surface area (Å²) in [4.78, 5) is 23.2. The van der Waals surface area contributed by atoms with Gasteiger partial charge < -0.3 is 10.4 Å². The van der Waals surface area contributed by atoms with Crippen LogP contribution in [-0.4, -0.2) is 23.0 Å². The molecule has 0 spiro atoms. The van der Waals surface area contributed by atoms with E-state index in [1.165, 1.54) is 0 Å². The molecular formula is C14H23NO3. The van der Waals surface area contributed by atoms with Crippen LogP contribution in [0.2, 0.25) is 0 Å². The van der Waals surface area contributed by atoms with Crippen LogP contribution in [0.15, 0.2) is 0 Å². The first-order chi connectivity index (χ1) is 8.39. The SMILES string of the molecule is CC1(C)CCC(NC(=O)C2CCCC2C(=O)O)C1. The Hall–Kier alpha value is -1.06. The second-order valence-electron chi connectivity index (χ2n) is 6.59. The van der Waals surface area contributed by atoms with Gasteiger partial charge in [0, 0.05) is 6.04 Å². The van der Waals surface area contributed by atoms with Crippen LogP contribution in [0.3, 0.4) is 0 Å². The highest BCUT2D eigenvalue weighted by molar-refractivity contribution is 5.85. The number of hydrogen-bond acceptors (Lipinski definition) is 2. The van der Waals surface area contributed by atoms with Crippen molar-refractivity contribution in [3.63, 3.8) is 0 Å². The molecule has 102 valence electrons. The van der Waals surface area contributed by atoms with E-state index in [2.05, 4.69) is 19.2 Å². The molecule has 0 aromatic heterocycles. The smallest absolute Gasteiger partial charge is 0.307 e. The van der Waals surface area contributed by atoms with E-state index in [4.69, 9.17) is 5.11 Å². The van der Waals surface area contributed by atoms with E-state index in [0.29, 0.717) is 11.8 Å². The number of nitrogens with one attached hydrogen (secondary N) is 1. The lowest BCUT2D eigenvalue weighted by Crippen LogP contribution is -2.40. The normalized spacial score (nSPS) is 34.4. The molecule has 0 aromatic rings. The van der Waals surface area contributed by atoms with Crippen LogP contribution in [0.4, 0.5) is 0 Å². The molecule has 0 aromatic carbocycles. The van der Waals surface area contributed by atoms with Gasteiger partial charge in [-0.2, -0.15) is 0 Å². The molecule has 2 N–H and O–H groups in total. The number of amides is 1. The van der Waals surface area contributed by atoms with Gasteiger partial charge in [0.1, 0.15) is 0 Å². The van der Waals surface area contributed by atoms with E-state index in [0.717, 1.165) is 32.1 Å². The Morgan fingerprint density at radius 2 is 1.83 bits per heavy atom. The van der Waals surface area contributed by atoms with E-state index in [1.807, 2.05) is 0 Å². The molecule has 0 heterocycles. The third-order valence-corrected chi connectivity index (χ3v) is 4.48. The summed E-state index contributed by atoms with van der Waals surface area (Å²) in [5, 5.41) is 12.2. The number of rotatable bonds is 3. The zero-order valence-electron chi connectivity index (χ0n) is 11.2.